The summed E-state index contributed by atoms with van der Waals surface area (Å²) in [6, 6.07) is 0. The highest BCUT2D eigenvalue weighted by Gasteiger charge is 2.43. The fraction of sp³-hybridized carbons (Fsp3) is 1.00. The molecule has 0 spiro atoms. The average molecular weight is 195 g/mol. The highest BCUT2D eigenvalue weighted by molar-refractivity contribution is 4.88. The van der Waals surface area contributed by atoms with Gasteiger partial charge in [0.1, 0.15) is 24.4 Å². The summed E-state index contributed by atoms with van der Waals surface area (Å²) in [4.78, 5) is 0. The van der Waals surface area contributed by atoms with Gasteiger partial charge in [0.25, 0.3) is 0 Å². The van der Waals surface area contributed by atoms with Crippen LogP contribution in [0.4, 0.5) is 0 Å². The normalized spacial score (nSPS) is 46.4. The Labute approximate surface area is 75.3 Å². The Bertz CT molecular complexity index is 143. The SMILES string of the molecule is CO[C@@H]1O[C@H](CO)[C@@H](O)[C@H](O)[C@H]1[17OH]. The van der Waals surface area contributed by atoms with Crippen LogP contribution in [0.15, 0.2) is 0 Å². The van der Waals surface area contributed by atoms with E-state index >= 15 is 0 Å². The molecule has 0 aromatic rings. The minimum absolute atomic E-state index is 0.440. The van der Waals surface area contributed by atoms with Crippen LogP contribution in [-0.4, -0.2) is 64.8 Å². The fourth-order valence-electron chi connectivity index (χ4n) is 1.26. The first-order valence-corrected chi connectivity index (χ1v) is 3.95. The number of ether oxygens (including phenoxy) is 2. The van der Waals surface area contributed by atoms with Crippen molar-refractivity contribution in [3.05, 3.63) is 0 Å². The third-order valence-electron chi connectivity index (χ3n) is 2.08. The third kappa shape index (κ3) is 1.98. The van der Waals surface area contributed by atoms with Gasteiger partial charge in [-0.25, -0.2) is 0 Å². The van der Waals surface area contributed by atoms with Crippen molar-refractivity contribution in [3.8, 4) is 0 Å². The van der Waals surface area contributed by atoms with E-state index in [0.29, 0.717) is 0 Å². The Morgan fingerprint density at radius 1 is 1.38 bits per heavy atom. The smallest absolute Gasteiger partial charge is 0.186 e. The molecule has 78 valence electrons. The molecule has 1 heterocycles. The molecule has 0 unspecified atom stereocenters. The molecule has 0 aliphatic carbocycles. The Kier molecular flexibility index (Phi) is 3.60. The van der Waals surface area contributed by atoms with Crippen LogP contribution in [0, 0.1) is 0 Å². The summed E-state index contributed by atoms with van der Waals surface area (Å²) in [5, 5.41) is 36.6. The van der Waals surface area contributed by atoms with Crippen LogP contribution in [0.2, 0.25) is 0 Å². The summed E-state index contributed by atoms with van der Waals surface area (Å²) in [5.41, 5.74) is 0. The van der Waals surface area contributed by atoms with Crippen molar-refractivity contribution in [1.29, 1.82) is 0 Å². The lowest BCUT2D eigenvalue weighted by Crippen LogP contribution is -2.58. The van der Waals surface area contributed by atoms with Gasteiger partial charge in [-0.3, -0.25) is 0 Å². The molecule has 1 fully saturated rings. The molecule has 0 aromatic carbocycles. The Morgan fingerprint density at radius 2 is 2.00 bits per heavy atom. The van der Waals surface area contributed by atoms with Crippen LogP contribution in [-0.2, 0) is 9.47 Å². The van der Waals surface area contributed by atoms with E-state index in [1.54, 1.807) is 0 Å². The molecule has 0 saturated carbocycles. The number of aliphatic hydroxyl groups is 4. The number of rotatable bonds is 2. The molecule has 5 atom stereocenters. The largest absolute Gasteiger partial charge is 0.394 e. The maximum Gasteiger partial charge on any atom is 0.186 e. The molecule has 0 amide bonds. The van der Waals surface area contributed by atoms with Crippen molar-refractivity contribution in [2.45, 2.75) is 30.7 Å². The number of aliphatic hydroxyl groups excluding tert-OH is 4. The number of hydrogen-bond acceptors (Lipinski definition) is 6. The molecule has 0 aromatic heterocycles. The summed E-state index contributed by atoms with van der Waals surface area (Å²) < 4.78 is 9.65. The molecule has 1 aliphatic heterocycles. The van der Waals surface area contributed by atoms with Gasteiger partial charge in [-0.2, -0.15) is 0 Å². The van der Waals surface area contributed by atoms with E-state index in [4.69, 9.17) is 14.6 Å². The van der Waals surface area contributed by atoms with E-state index in [2.05, 4.69) is 0 Å². The zero-order chi connectivity index (χ0) is 10.0. The van der Waals surface area contributed by atoms with E-state index < -0.39 is 37.3 Å². The lowest BCUT2D eigenvalue weighted by atomic mass is 10.00. The van der Waals surface area contributed by atoms with Gasteiger partial charge in [-0.1, -0.05) is 0 Å². The van der Waals surface area contributed by atoms with E-state index in [-0.39, 0.29) is 0 Å². The van der Waals surface area contributed by atoms with Crippen LogP contribution in [0.1, 0.15) is 0 Å². The Morgan fingerprint density at radius 3 is 2.46 bits per heavy atom. The van der Waals surface area contributed by atoms with Crippen molar-refractivity contribution in [3.63, 3.8) is 0 Å². The van der Waals surface area contributed by atoms with Crippen molar-refractivity contribution in [2.75, 3.05) is 13.7 Å². The first kappa shape index (κ1) is 10.8. The first-order valence-electron chi connectivity index (χ1n) is 3.95. The van der Waals surface area contributed by atoms with Gasteiger partial charge in [0, 0.05) is 7.11 Å². The van der Waals surface area contributed by atoms with Crippen molar-refractivity contribution >= 4 is 0 Å². The summed E-state index contributed by atoms with van der Waals surface area (Å²) in [7, 11) is 1.30. The Balaban J connectivity index is 2.66. The lowest BCUT2D eigenvalue weighted by Gasteiger charge is -2.38. The van der Waals surface area contributed by atoms with Gasteiger partial charge in [0.15, 0.2) is 6.29 Å². The molecule has 1 rings (SSSR count). The summed E-state index contributed by atoms with van der Waals surface area (Å²) in [5.74, 6) is 0. The monoisotopic (exact) mass is 195 g/mol. The molecule has 1 saturated heterocycles. The van der Waals surface area contributed by atoms with Gasteiger partial charge in [-0.05, 0) is 0 Å². The van der Waals surface area contributed by atoms with Crippen molar-refractivity contribution in [1.82, 2.24) is 0 Å². The maximum atomic E-state index is 9.28. The molecule has 0 radical (unpaired) electrons. The van der Waals surface area contributed by atoms with Crippen LogP contribution in [0.25, 0.3) is 0 Å². The highest BCUT2D eigenvalue weighted by Crippen LogP contribution is 2.20. The van der Waals surface area contributed by atoms with Gasteiger partial charge >= 0.3 is 0 Å². The second kappa shape index (κ2) is 4.32. The second-order valence-electron chi connectivity index (χ2n) is 2.93. The third-order valence-corrected chi connectivity index (χ3v) is 2.08. The van der Waals surface area contributed by atoms with Gasteiger partial charge in [0.05, 0.1) is 6.61 Å². The minimum atomic E-state index is -1.36. The quantitative estimate of drug-likeness (QED) is 0.386. The standard InChI is InChI=1S/C7H14O6/c1-12-7-6(11)5(10)4(9)3(2-8)13-7/h3-11H,2H2,1H3/t3-,4-,5+,6-,7-/m1/s1/i11+1. The summed E-state index contributed by atoms with van der Waals surface area (Å²) in [6.45, 7) is -0.440. The predicted molar refractivity (Wildman–Crippen MR) is 40.8 cm³/mol. The van der Waals surface area contributed by atoms with Crippen LogP contribution < -0.4 is 0 Å². The maximum absolute atomic E-state index is 9.28. The molecule has 6 nitrogen and oxygen atoms in total. The average Bonchev–Trinajstić information content (AvgIpc) is 2.15. The highest BCUT2D eigenvalue weighted by atomic mass is 17.2. The van der Waals surface area contributed by atoms with Gasteiger partial charge in [0.2, 0.25) is 0 Å². The zero-order valence-electron chi connectivity index (χ0n) is 7.20. The number of hydrogen-bond donors (Lipinski definition) is 4. The zero-order valence-corrected chi connectivity index (χ0v) is 7.20. The molecular formula is C7H14O6. The van der Waals surface area contributed by atoms with Gasteiger partial charge < -0.3 is 29.9 Å². The van der Waals surface area contributed by atoms with E-state index in [9.17, 15) is 15.3 Å². The summed E-state index contributed by atoms with van der Waals surface area (Å²) >= 11 is 0. The van der Waals surface area contributed by atoms with Crippen molar-refractivity contribution in [2.24, 2.45) is 0 Å². The Hall–Kier alpha value is -0.240. The molecular weight excluding hydrogens is 181 g/mol. The molecule has 6 heteroatoms. The van der Waals surface area contributed by atoms with Crippen LogP contribution >= 0.6 is 0 Å². The van der Waals surface area contributed by atoms with E-state index in [1.807, 2.05) is 0 Å². The van der Waals surface area contributed by atoms with Gasteiger partial charge in [-0.15, -0.1) is 0 Å². The fourth-order valence-corrected chi connectivity index (χ4v) is 1.26. The molecule has 4 N–H and O–H groups in total. The van der Waals surface area contributed by atoms with Crippen LogP contribution in [0.5, 0.6) is 0 Å². The second-order valence-corrected chi connectivity index (χ2v) is 2.93. The van der Waals surface area contributed by atoms with E-state index in [0.717, 1.165) is 0 Å². The lowest BCUT2D eigenvalue weighted by molar-refractivity contribution is -0.294. The minimum Gasteiger partial charge on any atom is -0.394 e. The first-order chi connectivity index (χ1) is 6.11. The van der Waals surface area contributed by atoms with E-state index in [1.165, 1.54) is 7.11 Å². The van der Waals surface area contributed by atoms with Crippen molar-refractivity contribution < 1.29 is 29.9 Å². The number of methoxy groups -OCH3 is 1. The van der Waals surface area contributed by atoms with Crippen LogP contribution in [0.3, 0.4) is 0 Å². The summed E-state index contributed by atoms with van der Waals surface area (Å²) in [6.07, 6.45) is -5.91. The predicted octanol–water partition coefficient (Wildman–Crippen LogP) is -2.57. The molecule has 13 heavy (non-hydrogen) atoms. The molecule has 0 bridgehead atoms. The molecule has 1 aliphatic rings. The topological polar surface area (TPSA) is 99.4 Å².